The highest BCUT2D eigenvalue weighted by atomic mass is 16.3. The lowest BCUT2D eigenvalue weighted by molar-refractivity contribution is 0.0955. The second-order valence-electron chi connectivity index (χ2n) is 5.84. The van der Waals surface area contributed by atoms with Crippen LogP contribution in [0.3, 0.4) is 0 Å². The fourth-order valence-corrected chi connectivity index (χ4v) is 2.40. The Morgan fingerprint density at radius 3 is 2.42 bits per heavy atom. The highest BCUT2D eigenvalue weighted by molar-refractivity contribution is 5.94. The van der Waals surface area contributed by atoms with Gasteiger partial charge in [0.15, 0.2) is 5.96 Å². The Kier molecular flexibility index (Phi) is 7.49. The third-order valence-electron chi connectivity index (χ3n) is 3.79. The first-order valence-electron chi connectivity index (χ1n) is 8.77. The highest BCUT2D eigenvalue weighted by Crippen LogP contribution is 2.11. The fourth-order valence-electron chi connectivity index (χ4n) is 2.40. The van der Waals surface area contributed by atoms with Gasteiger partial charge in [-0.3, -0.25) is 9.79 Å². The van der Waals surface area contributed by atoms with Crippen LogP contribution in [0.4, 0.5) is 0 Å². The van der Waals surface area contributed by atoms with Crippen LogP contribution in [0.25, 0.3) is 0 Å². The van der Waals surface area contributed by atoms with Crippen LogP contribution < -0.4 is 16.0 Å². The van der Waals surface area contributed by atoms with Crippen molar-refractivity contribution in [2.24, 2.45) is 4.99 Å². The van der Waals surface area contributed by atoms with Crippen LogP contribution >= 0.6 is 0 Å². The van der Waals surface area contributed by atoms with Crippen molar-refractivity contribution >= 4 is 11.9 Å². The van der Waals surface area contributed by atoms with E-state index < -0.39 is 0 Å². The van der Waals surface area contributed by atoms with E-state index in [1.165, 1.54) is 17.7 Å². The van der Waals surface area contributed by atoms with Crippen molar-refractivity contribution in [3.63, 3.8) is 0 Å². The van der Waals surface area contributed by atoms with Crippen molar-refractivity contribution in [1.82, 2.24) is 16.0 Å². The summed E-state index contributed by atoms with van der Waals surface area (Å²) in [5, 5.41) is 18.6. The summed E-state index contributed by atoms with van der Waals surface area (Å²) < 4.78 is 0. The zero-order valence-electron chi connectivity index (χ0n) is 15.2. The molecule has 0 aliphatic heterocycles. The Morgan fingerprint density at radius 2 is 1.77 bits per heavy atom. The van der Waals surface area contributed by atoms with Crippen LogP contribution in [0.2, 0.25) is 0 Å². The van der Waals surface area contributed by atoms with Gasteiger partial charge in [0.05, 0.1) is 12.6 Å². The monoisotopic (exact) mass is 354 g/mol. The van der Waals surface area contributed by atoms with Crippen LogP contribution in [0.1, 0.15) is 35.8 Å². The maximum Gasteiger partial charge on any atom is 0.251 e. The van der Waals surface area contributed by atoms with E-state index in [0.717, 1.165) is 6.54 Å². The topological polar surface area (TPSA) is 85.8 Å². The van der Waals surface area contributed by atoms with Crippen LogP contribution in [0.5, 0.6) is 5.75 Å². The van der Waals surface area contributed by atoms with Crippen molar-refractivity contribution in [1.29, 1.82) is 0 Å². The Labute approximate surface area is 154 Å². The number of carbonyl (C=O) groups excluding carboxylic acids is 1. The normalized spacial score (nSPS) is 12.3. The molecule has 1 unspecified atom stereocenters. The summed E-state index contributed by atoms with van der Waals surface area (Å²) >= 11 is 0. The summed E-state index contributed by atoms with van der Waals surface area (Å²) in [6, 6.07) is 16.4. The number of carbonyl (C=O) groups is 1. The molecular formula is C20H26N4O2. The minimum atomic E-state index is -0.184. The lowest BCUT2D eigenvalue weighted by Crippen LogP contribution is -2.39. The van der Waals surface area contributed by atoms with Gasteiger partial charge < -0.3 is 21.1 Å². The molecule has 0 heterocycles. The molecule has 0 saturated heterocycles. The Hall–Kier alpha value is -3.02. The molecule has 0 fully saturated rings. The maximum absolute atomic E-state index is 12.0. The lowest BCUT2D eigenvalue weighted by atomic mass is 10.1. The number of hydrogen-bond acceptors (Lipinski definition) is 3. The molecule has 2 rings (SSSR count). The molecule has 0 aliphatic carbocycles. The van der Waals surface area contributed by atoms with E-state index in [-0.39, 0.29) is 17.7 Å². The number of phenolic OH excluding ortho intramolecular Hbond substituents is 1. The first kappa shape index (κ1) is 19.3. The lowest BCUT2D eigenvalue weighted by Gasteiger charge is -2.18. The second-order valence-corrected chi connectivity index (χ2v) is 5.84. The summed E-state index contributed by atoms with van der Waals surface area (Å²) in [7, 11) is 0. The number of benzene rings is 2. The molecule has 2 aromatic rings. The zero-order valence-corrected chi connectivity index (χ0v) is 15.2. The van der Waals surface area contributed by atoms with E-state index in [4.69, 9.17) is 0 Å². The first-order valence-corrected chi connectivity index (χ1v) is 8.77. The van der Waals surface area contributed by atoms with Crippen molar-refractivity contribution in [3.8, 4) is 5.75 Å². The zero-order chi connectivity index (χ0) is 18.8. The first-order chi connectivity index (χ1) is 12.6. The number of nitrogens with zero attached hydrogens (tertiary/aromatic N) is 1. The number of rotatable bonds is 7. The predicted molar refractivity (Wildman–Crippen MR) is 104 cm³/mol. The molecule has 0 radical (unpaired) electrons. The van der Waals surface area contributed by atoms with Crippen molar-refractivity contribution in [3.05, 3.63) is 65.7 Å². The Morgan fingerprint density at radius 1 is 1.08 bits per heavy atom. The standard InChI is InChI=1S/C20H26N4O2/c1-3-21-20(24-15(2)16-7-5-4-6-8-16)23-14-13-22-19(26)17-9-11-18(25)12-10-17/h4-12,15,25H,3,13-14H2,1-2H3,(H,22,26)(H2,21,23,24). The number of phenols is 1. The minimum Gasteiger partial charge on any atom is -0.508 e. The number of amides is 1. The van der Waals surface area contributed by atoms with Crippen LogP contribution in [0, 0.1) is 0 Å². The number of nitrogens with one attached hydrogen (secondary N) is 3. The van der Waals surface area contributed by atoms with Gasteiger partial charge in [-0.25, -0.2) is 0 Å². The van der Waals surface area contributed by atoms with Crippen molar-refractivity contribution in [2.45, 2.75) is 19.9 Å². The molecule has 1 atom stereocenters. The van der Waals surface area contributed by atoms with Gasteiger partial charge in [0.1, 0.15) is 5.75 Å². The summed E-state index contributed by atoms with van der Waals surface area (Å²) in [5.74, 6) is 0.665. The SMILES string of the molecule is CCNC(=NCCNC(=O)c1ccc(O)cc1)NC(C)c1ccccc1. The van der Waals surface area contributed by atoms with Crippen LogP contribution in [-0.2, 0) is 0 Å². The van der Waals surface area contributed by atoms with Crippen LogP contribution in [0.15, 0.2) is 59.6 Å². The molecule has 0 aliphatic rings. The molecule has 1 amide bonds. The van der Waals surface area contributed by atoms with E-state index in [1.54, 1.807) is 12.1 Å². The average Bonchev–Trinajstić information content (AvgIpc) is 2.66. The summed E-state index contributed by atoms with van der Waals surface area (Å²) in [6.45, 7) is 5.73. The molecule has 6 heteroatoms. The van der Waals surface area contributed by atoms with E-state index in [1.807, 2.05) is 25.1 Å². The van der Waals surface area contributed by atoms with Crippen molar-refractivity contribution in [2.75, 3.05) is 19.6 Å². The fraction of sp³-hybridized carbons (Fsp3) is 0.300. The minimum absolute atomic E-state index is 0.126. The van der Waals surface area contributed by atoms with Gasteiger partial charge in [0, 0.05) is 18.7 Å². The molecule has 0 saturated carbocycles. The van der Waals surface area contributed by atoms with Crippen LogP contribution in [-0.4, -0.2) is 36.6 Å². The Balaban J connectivity index is 1.84. The molecule has 138 valence electrons. The Bertz CT molecular complexity index is 714. The summed E-state index contributed by atoms with van der Waals surface area (Å²) in [5.41, 5.74) is 1.69. The van der Waals surface area contributed by atoms with E-state index >= 15 is 0 Å². The van der Waals surface area contributed by atoms with Gasteiger partial charge in [-0.2, -0.15) is 0 Å². The largest absolute Gasteiger partial charge is 0.508 e. The molecule has 0 aromatic heterocycles. The van der Waals surface area contributed by atoms with E-state index in [2.05, 4.69) is 40.0 Å². The number of aromatic hydroxyl groups is 1. The predicted octanol–water partition coefficient (Wildman–Crippen LogP) is 2.44. The van der Waals surface area contributed by atoms with Gasteiger partial charge in [-0.1, -0.05) is 30.3 Å². The van der Waals surface area contributed by atoms with Gasteiger partial charge >= 0.3 is 0 Å². The van der Waals surface area contributed by atoms with Gasteiger partial charge in [0.25, 0.3) is 5.91 Å². The number of guanidine groups is 1. The maximum atomic E-state index is 12.0. The summed E-state index contributed by atoms with van der Waals surface area (Å²) in [6.07, 6.45) is 0. The van der Waals surface area contributed by atoms with Crippen molar-refractivity contribution < 1.29 is 9.90 Å². The molecule has 0 spiro atoms. The van der Waals surface area contributed by atoms with E-state index in [9.17, 15) is 9.90 Å². The number of hydrogen-bond donors (Lipinski definition) is 4. The third kappa shape index (κ3) is 6.12. The van der Waals surface area contributed by atoms with Gasteiger partial charge in [0.2, 0.25) is 0 Å². The quantitative estimate of drug-likeness (QED) is 0.349. The number of aliphatic imine (C=N–C) groups is 1. The third-order valence-corrected chi connectivity index (χ3v) is 3.79. The molecule has 6 nitrogen and oxygen atoms in total. The highest BCUT2D eigenvalue weighted by Gasteiger charge is 2.07. The molecule has 0 bridgehead atoms. The van der Waals surface area contributed by atoms with Gasteiger partial charge in [-0.15, -0.1) is 0 Å². The molecular weight excluding hydrogens is 328 g/mol. The van der Waals surface area contributed by atoms with E-state index in [0.29, 0.717) is 24.6 Å². The molecule has 4 N–H and O–H groups in total. The molecule has 2 aromatic carbocycles. The average molecular weight is 354 g/mol. The summed E-state index contributed by atoms with van der Waals surface area (Å²) in [4.78, 5) is 16.5. The second kappa shape index (κ2) is 10.1. The smallest absolute Gasteiger partial charge is 0.251 e. The molecule has 26 heavy (non-hydrogen) atoms. The van der Waals surface area contributed by atoms with Gasteiger partial charge in [-0.05, 0) is 43.7 Å².